The second kappa shape index (κ2) is 9.34. The predicted molar refractivity (Wildman–Crippen MR) is 123 cm³/mol. The Balaban J connectivity index is 1.56. The SMILES string of the molecule is CC(=O)Nc1ccc(CNc2cc(NC3CCOCC3)nc3c(C(C)C)cnn23)cc1. The van der Waals surface area contributed by atoms with E-state index in [1.807, 2.05) is 41.0 Å². The van der Waals surface area contributed by atoms with E-state index in [2.05, 4.69) is 34.9 Å². The number of carbonyl (C=O) groups excluding carboxylic acids is 1. The van der Waals surface area contributed by atoms with Gasteiger partial charge in [0.05, 0.1) is 6.20 Å². The van der Waals surface area contributed by atoms with E-state index in [-0.39, 0.29) is 5.91 Å². The largest absolute Gasteiger partial charge is 0.381 e. The van der Waals surface area contributed by atoms with Crippen molar-refractivity contribution in [2.24, 2.45) is 0 Å². The highest BCUT2D eigenvalue weighted by Crippen LogP contribution is 2.25. The lowest BCUT2D eigenvalue weighted by atomic mass is 10.1. The molecule has 8 nitrogen and oxygen atoms in total. The van der Waals surface area contributed by atoms with Crippen molar-refractivity contribution in [3.8, 4) is 0 Å². The van der Waals surface area contributed by atoms with Gasteiger partial charge < -0.3 is 20.7 Å². The van der Waals surface area contributed by atoms with Crippen LogP contribution in [0.2, 0.25) is 0 Å². The number of carbonyl (C=O) groups is 1. The number of hydrogen-bond donors (Lipinski definition) is 3. The number of fused-ring (bicyclic) bond motifs is 1. The van der Waals surface area contributed by atoms with Gasteiger partial charge in [0.2, 0.25) is 5.91 Å². The first kappa shape index (κ1) is 21.1. The second-order valence-corrected chi connectivity index (χ2v) is 8.28. The summed E-state index contributed by atoms with van der Waals surface area (Å²) in [6.45, 7) is 8.01. The highest BCUT2D eigenvalue weighted by Gasteiger charge is 2.17. The summed E-state index contributed by atoms with van der Waals surface area (Å²) in [6, 6.07) is 10.2. The zero-order valence-electron chi connectivity index (χ0n) is 18.3. The van der Waals surface area contributed by atoms with Gasteiger partial charge in [0, 0.05) is 50.0 Å². The third-order valence-electron chi connectivity index (χ3n) is 5.44. The van der Waals surface area contributed by atoms with Crippen LogP contribution in [0.5, 0.6) is 0 Å². The molecule has 0 spiro atoms. The Morgan fingerprint density at radius 2 is 1.97 bits per heavy atom. The van der Waals surface area contributed by atoms with E-state index in [1.165, 1.54) is 6.92 Å². The molecule has 8 heteroatoms. The molecule has 3 aromatic rings. The van der Waals surface area contributed by atoms with Gasteiger partial charge in [-0.2, -0.15) is 9.61 Å². The van der Waals surface area contributed by atoms with Gasteiger partial charge in [-0.15, -0.1) is 0 Å². The van der Waals surface area contributed by atoms with Crippen molar-refractivity contribution in [2.75, 3.05) is 29.2 Å². The zero-order chi connectivity index (χ0) is 21.8. The molecule has 164 valence electrons. The quantitative estimate of drug-likeness (QED) is 0.533. The lowest BCUT2D eigenvalue weighted by molar-refractivity contribution is -0.114. The highest BCUT2D eigenvalue weighted by atomic mass is 16.5. The van der Waals surface area contributed by atoms with Crippen molar-refractivity contribution in [3.63, 3.8) is 0 Å². The van der Waals surface area contributed by atoms with Gasteiger partial charge in [-0.25, -0.2) is 4.98 Å². The molecule has 0 aliphatic carbocycles. The molecule has 1 fully saturated rings. The maximum Gasteiger partial charge on any atom is 0.221 e. The Morgan fingerprint density at radius 3 is 2.65 bits per heavy atom. The van der Waals surface area contributed by atoms with E-state index in [0.29, 0.717) is 18.5 Å². The minimum Gasteiger partial charge on any atom is -0.381 e. The minimum atomic E-state index is -0.0748. The van der Waals surface area contributed by atoms with Crippen LogP contribution in [0.3, 0.4) is 0 Å². The Kier molecular flexibility index (Phi) is 6.36. The number of aromatic nitrogens is 3. The van der Waals surface area contributed by atoms with Crippen LogP contribution < -0.4 is 16.0 Å². The Hall–Kier alpha value is -3.13. The summed E-state index contributed by atoms with van der Waals surface area (Å²) in [7, 11) is 0. The summed E-state index contributed by atoms with van der Waals surface area (Å²) in [5.74, 6) is 1.99. The molecule has 1 aromatic carbocycles. The van der Waals surface area contributed by atoms with E-state index in [4.69, 9.17) is 9.72 Å². The van der Waals surface area contributed by atoms with Gasteiger partial charge in [-0.1, -0.05) is 26.0 Å². The van der Waals surface area contributed by atoms with Crippen LogP contribution in [0.4, 0.5) is 17.3 Å². The molecular formula is C23H30N6O2. The van der Waals surface area contributed by atoms with Gasteiger partial charge in [0.15, 0.2) is 5.65 Å². The number of benzene rings is 1. The summed E-state index contributed by atoms with van der Waals surface area (Å²) < 4.78 is 7.35. The number of amides is 1. The van der Waals surface area contributed by atoms with Gasteiger partial charge >= 0.3 is 0 Å². The smallest absolute Gasteiger partial charge is 0.221 e. The van der Waals surface area contributed by atoms with E-state index in [9.17, 15) is 4.79 Å². The first-order chi connectivity index (χ1) is 15.0. The molecule has 0 atom stereocenters. The number of hydrogen-bond acceptors (Lipinski definition) is 6. The molecule has 1 aliphatic heterocycles. The summed E-state index contributed by atoms with van der Waals surface area (Å²) in [5, 5.41) is 14.5. The molecule has 31 heavy (non-hydrogen) atoms. The Morgan fingerprint density at radius 1 is 1.23 bits per heavy atom. The molecule has 2 aromatic heterocycles. The molecule has 3 heterocycles. The maximum atomic E-state index is 11.2. The zero-order valence-corrected chi connectivity index (χ0v) is 18.3. The molecular weight excluding hydrogens is 392 g/mol. The van der Waals surface area contributed by atoms with E-state index < -0.39 is 0 Å². The number of anilines is 3. The van der Waals surface area contributed by atoms with E-state index in [0.717, 1.165) is 60.2 Å². The van der Waals surface area contributed by atoms with Crippen LogP contribution in [0.25, 0.3) is 5.65 Å². The summed E-state index contributed by atoms with van der Waals surface area (Å²) in [4.78, 5) is 16.1. The normalized spacial score (nSPS) is 14.7. The first-order valence-electron chi connectivity index (χ1n) is 10.8. The molecule has 0 saturated carbocycles. The molecule has 1 amide bonds. The van der Waals surface area contributed by atoms with Gasteiger partial charge in [0.1, 0.15) is 11.6 Å². The highest BCUT2D eigenvalue weighted by molar-refractivity contribution is 5.88. The lowest BCUT2D eigenvalue weighted by Gasteiger charge is -2.24. The van der Waals surface area contributed by atoms with E-state index in [1.54, 1.807) is 0 Å². The maximum absolute atomic E-state index is 11.2. The number of rotatable bonds is 7. The molecule has 1 aliphatic rings. The molecule has 0 unspecified atom stereocenters. The van der Waals surface area contributed by atoms with Crippen molar-refractivity contribution in [1.82, 2.24) is 14.6 Å². The average molecular weight is 423 g/mol. The molecule has 1 saturated heterocycles. The van der Waals surface area contributed by atoms with Gasteiger partial charge in [0.25, 0.3) is 0 Å². The standard InChI is InChI=1S/C23H30N6O2/c1-15(2)20-14-25-29-22(24-13-17-4-6-18(7-5-17)26-16(3)30)12-21(28-23(20)29)27-19-8-10-31-11-9-19/h4-7,12,14-15,19,24H,8-11,13H2,1-3H3,(H,26,30)(H,27,28). The van der Waals surface area contributed by atoms with Crippen LogP contribution in [0, 0.1) is 0 Å². The first-order valence-corrected chi connectivity index (χ1v) is 10.8. The fourth-order valence-electron chi connectivity index (χ4n) is 3.74. The van der Waals surface area contributed by atoms with Crippen LogP contribution in [-0.2, 0) is 16.1 Å². The van der Waals surface area contributed by atoms with Crippen LogP contribution in [0.15, 0.2) is 36.5 Å². The van der Waals surface area contributed by atoms with Crippen molar-refractivity contribution in [2.45, 2.75) is 52.1 Å². The predicted octanol–water partition coefficient (Wildman–Crippen LogP) is 4.01. The monoisotopic (exact) mass is 422 g/mol. The second-order valence-electron chi connectivity index (χ2n) is 8.28. The Bertz CT molecular complexity index is 1040. The van der Waals surface area contributed by atoms with Crippen molar-refractivity contribution in [1.29, 1.82) is 0 Å². The van der Waals surface area contributed by atoms with Gasteiger partial charge in [-0.05, 0) is 36.5 Å². The molecule has 3 N–H and O–H groups in total. The Labute approximate surface area is 182 Å². The van der Waals surface area contributed by atoms with Crippen molar-refractivity contribution >= 4 is 28.9 Å². The summed E-state index contributed by atoms with van der Waals surface area (Å²) in [6.07, 6.45) is 3.86. The fraction of sp³-hybridized carbons (Fsp3) is 0.435. The van der Waals surface area contributed by atoms with Crippen LogP contribution in [0.1, 0.15) is 50.7 Å². The molecule has 0 bridgehead atoms. The summed E-state index contributed by atoms with van der Waals surface area (Å²) in [5.41, 5.74) is 3.89. The minimum absolute atomic E-state index is 0.0748. The topological polar surface area (TPSA) is 92.6 Å². The average Bonchev–Trinajstić information content (AvgIpc) is 3.18. The molecule has 4 rings (SSSR count). The number of nitrogens with zero attached hydrogens (tertiary/aromatic N) is 3. The fourth-order valence-corrected chi connectivity index (χ4v) is 3.74. The van der Waals surface area contributed by atoms with Crippen molar-refractivity contribution < 1.29 is 9.53 Å². The van der Waals surface area contributed by atoms with Crippen LogP contribution in [-0.4, -0.2) is 39.8 Å². The molecule has 0 radical (unpaired) electrons. The van der Waals surface area contributed by atoms with Crippen LogP contribution >= 0.6 is 0 Å². The lowest BCUT2D eigenvalue weighted by Crippen LogP contribution is -2.28. The van der Waals surface area contributed by atoms with Crippen molar-refractivity contribution in [3.05, 3.63) is 47.7 Å². The summed E-state index contributed by atoms with van der Waals surface area (Å²) >= 11 is 0. The number of nitrogens with one attached hydrogen (secondary N) is 3. The van der Waals surface area contributed by atoms with Gasteiger partial charge in [-0.3, -0.25) is 4.79 Å². The third-order valence-corrected chi connectivity index (χ3v) is 5.44. The third kappa shape index (κ3) is 5.14. The van der Waals surface area contributed by atoms with E-state index >= 15 is 0 Å². The number of ether oxygens (including phenoxy) is 1.